The monoisotopic (exact) mass is 233 g/mol. The fourth-order valence-corrected chi connectivity index (χ4v) is 2.47. The van der Waals surface area contributed by atoms with Crippen molar-refractivity contribution in [1.29, 1.82) is 0 Å². The summed E-state index contributed by atoms with van der Waals surface area (Å²) in [6, 6.07) is 10.2. The van der Waals surface area contributed by atoms with Crippen LogP contribution in [0, 0.1) is 5.92 Å². The number of likely N-dealkylation sites (tertiary alicyclic amines) is 1. The normalized spacial score (nSPS) is 21.9. The third-order valence-electron chi connectivity index (χ3n) is 3.53. The van der Waals surface area contributed by atoms with E-state index in [1.807, 2.05) is 23.1 Å². The molecule has 0 aliphatic carbocycles. The fraction of sp³-hybridized carbons (Fsp3) is 0.500. The van der Waals surface area contributed by atoms with Crippen molar-refractivity contribution >= 4 is 5.91 Å². The Morgan fingerprint density at radius 2 is 2.12 bits per heavy atom. The zero-order valence-electron chi connectivity index (χ0n) is 10.2. The summed E-state index contributed by atoms with van der Waals surface area (Å²) < 4.78 is 0. The predicted molar refractivity (Wildman–Crippen MR) is 66.4 cm³/mol. The zero-order valence-corrected chi connectivity index (χ0v) is 10.2. The summed E-state index contributed by atoms with van der Waals surface area (Å²) >= 11 is 0. The van der Waals surface area contributed by atoms with Crippen LogP contribution in [-0.4, -0.2) is 29.1 Å². The lowest BCUT2D eigenvalue weighted by Gasteiger charge is -2.25. The van der Waals surface area contributed by atoms with Crippen molar-refractivity contribution in [2.24, 2.45) is 5.92 Å². The van der Waals surface area contributed by atoms with Gasteiger partial charge in [-0.2, -0.15) is 0 Å². The second-order valence-electron chi connectivity index (χ2n) is 4.72. The summed E-state index contributed by atoms with van der Waals surface area (Å²) in [4.78, 5) is 13.8. The fourth-order valence-electron chi connectivity index (χ4n) is 2.47. The summed E-state index contributed by atoms with van der Waals surface area (Å²) in [6.45, 7) is 3.01. The highest BCUT2D eigenvalue weighted by molar-refractivity contribution is 5.79. The maximum Gasteiger partial charge on any atom is 0.223 e. The van der Waals surface area contributed by atoms with Gasteiger partial charge in [-0.15, -0.1) is 0 Å². The number of carbonyl (C=O) groups excluding carboxylic acids is 1. The number of carbonyl (C=O) groups is 1. The van der Waals surface area contributed by atoms with Crippen LogP contribution in [0.15, 0.2) is 30.3 Å². The van der Waals surface area contributed by atoms with Gasteiger partial charge in [0.15, 0.2) is 0 Å². The maximum atomic E-state index is 11.9. The van der Waals surface area contributed by atoms with Gasteiger partial charge in [0.05, 0.1) is 6.04 Å². The molecule has 1 heterocycles. The minimum Gasteiger partial charge on any atom is -0.396 e. The Bertz CT molecular complexity index is 377. The average molecular weight is 233 g/mol. The maximum absolute atomic E-state index is 11.9. The first-order chi connectivity index (χ1) is 8.22. The van der Waals surface area contributed by atoms with Crippen LogP contribution < -0.4 is 0 Å². The molecule has 1 saturated heterocycles. The van der Waals surface area contributed by atoms with Gasteiger partial charge in [0, 0.05) is 19.6 Å². The molecule has 0 spiro atoms. The van der Waals surface area contributed by atoms with Crippen LogP contribution in [0.2, 0.25) is 0 Å². The lowest BCUT2D eigenvalue weighted by Crippen LogP contribution is -2.28. The van der Waals surface area contributed by atoms with Gasteiger partial charge in [-0.1, -0.05) is 30.3 Å². The molecule has 0 radical (unpaired) electrons. The molecule has 0 bridgehead atoms. The van der Waals surface area contributed by atoms with E-state index >= 15 is 0 Å². The van der Waals surface area contributed by atoms with Crippen LogP contribution in [0.3, 0.4) is 0 Å². The van der Waals surface area contributed by atoms with Crippen LogP contribution in [0.4, 0.5) is 0 Å². The molecule has 1 aromatic rings. The van der Waals surface area contributed by atoms with Crippen LogP contribution in [0.25, 0.3) is 0 Å². The molecule has 1 aromatic carbocycles. The van der Waals surface area contributed by atoms with E-state index in [2.05, 4.69) is 19.1 Å². The number of benzene rings is 1. The van der Waals surface area contributed by atoms with Crippen LogP contribution >= 0.6 is 0 Å². The molecular weight excluding hydrogens is 214 g/mol. The molecule has 1 aliphatic heterocycles. The van der Waals surface area contributed by atoms with Crippen molar-refractivity contribution in [2.45, 2.75) is 25.8 Å². The van der Waals surface area contributed by atoms with E-state index in [4.69, 9.17) is 5.11 Å². The van der Waals surface area contributed by atoms with Gasteiger partial charge in [0.1, 0.15) is 0 Å². The molecule has 17 heavy (non-hydrogen) atoms. The van der Waals surface area contributed by atoms with Crippen LogP contribution in [-0.2, 0) is 4.79 Å². The zero-order chi connectivity index (χ0) is 12.3. The Balaban J connectivity index is 2.06. The molecule has 1 N–H and O–H groups in total. The molecule has 3 nitrogen and oxygen atoms in total. The van der Waals surface area contributed by atoms with E-state index in [0.29, 0.717) is 12.3 Å². The summed E-state index contributed by atoms with van der Waals surface area (Å²) in [5.74, 6) is 0.526. The highest BCUT2D eigenvalue weighted by atomic mass is 16.3. The smallest absolute Gasteiger partial charge is 0.223 e. The number of aliphatic hydroxyl groups excluding tert-OH is 1. The van der Waals surface area contributed by atoms with E-state index in [0.717, 1.165) is 13.0 Å². The van der Waals surface area contributed by atoms with Gasteiger partial charge in [0.2, 0.25) is 5.91 Å². The van der Waals surface area contributed by atoms with E-state index in [1.165, 1.54) is 5.56 Å². The Morgan fingerprint density at radius 3 is 2.76 bits per heavy atom. The number of aliphatic hydroxyl groups is 1. The number of hydrogen-bond donors (Lipinski definition) is 1. The number of amides is 1. The minimum atomic E-state index is 0.132. The first-order valence-electron chi connectivity index (χ1n) is 6.17. The molecule has 92 valence electrons. The first kappa shape index (κ1) is 12.1. The van der Waals surface area contributed by atoms with E-state index in [9.17, 15) is 4.79 Å². The molecule has 3 heteroatoms. The second-order valence-corrected chi connectivity index (χ2v) is 4.72. The average Bonchev–Trinajstić information content (AvgIpc) is 2.71. The number of rotatable bonds is 4. The van der Waals surface area contributed by atoms with Gasteiger partial charge in [-0.25, -0.2) is 0 Å². The number of nitrogens with zero attached hydrogens (tertiary/aromatic N) is 1. The summed E-state index contributed by atoms with van der Waals surface area (Å²) in [7, 11) is 0. The molecule has 1 aliphatic rings. The molecule has 0 unspecified atom stereocenters. The standard InChI is InChI=1S/C14H19NO2/c1-11(13-5-3-2-4-6-13)15-10-12(7-8-16)9-14(15)17/h2-6,11-12,16H,7-10H2,1H3/t11-,12+/m1/s1. The molecule has 0 saturated carbocycles. The van der Waals surface area contributed by atoms with Gasteiger partial charge < -0.3 is 10.0 Å². The van der Waals surface area contributed by atoms with Gasteiger partial charge in [-0.3, -0.25) is 4.79 Å². The third kappa shape index (κ3) is 2.67. The predicted octanol–water partition coefficient (Wildman–Crippen LogP) is 1.98. The Kier molecular flexibility index (Phi) is 3.79. The Morgan fingerprint density at radius 1 is 1.41 bits per heavy atom. The lowest BCUT2D eigenvalue weighted by molar-refractivity contribution is -0.129. The van der Waals surface area contributed by atoms with E-state index in [1.54, 1.807) is 0 Å². The molecule has 2 atom stereocenters. The van der Waals surface area contributed by atoms with Gasteiger partial charge in [-0.05, 0) is 24.8 Å². The topological polar surface area (TPSA) is 40.5 Å². The Labute approximate surface area is 102 Å². The first-order valence-corrected chi connectivity index (χ1v) is 6.17. The molecule has 0 aromatic heterocycles. The summed E-state index contributed by atoms with van der Waals surface area (Å²) in [5.41, 5.74) is 1.17. The lowest BCUT2D eigenvalue weighted by atomic mass is 10.1. The van der Waals surface area contributed by atoms with E-state index in [-0.39, 0.29) is 18.6 Å². The van der Waals surface area contributed by atoms with Gasteiger partial charge >= 0.3 is 0 Å². The molecular formula is C14H19NO2. The van der Waals surface area contributed by atoms with Crippen molar-refractivity contribution in [2.75, 3.05) is 13.2 Å². The second kappa shape index (κ2) is 5.32. The van der Waals surface area contributed by atoms with Gasteiger partial charge in [0.25, 0.3) is 0 Å². The van der Waals surface area contributed by atoms with Crippen LogP contribution in [0.5, 0.6) is 0 Å². The SMILES string of the molecule is C[C@H](c1ccccc1)N1C[C@@H](CCO)CC1=O. The summed E-state index contributed by atoms with van der Waals surface area (Å²) in [6.07, 6.45) is 1.31. The molecule has 1 amide bonds. The highest BCUT2D eigenvalue weighted by Crippen LogP contribution is 2.29. The van der Waals surface area contributed by atoms with Crippen LogP contribution in [0.1, 0.15) is 31.4 Å². The van der Waals surface area contributed by atoms with Crippen molar-refractivity contribution in [3.05, 3.63) is 35.9 Å². The summed E-state index contributed by atoms with van der Waals surface area (Å²) in [5, 5.41) is 8.93. The largest absolute Gasteiger partial charge is 0.396 e. The van der Waals surface area contributed by atoms with Crippen molar-refractivity contribution < 1.29 is 9.90 Å². The minimum absolute atomic E-state index is 0.132. The quantitative estimate of drug-likeness (QED) is 0.864. The van der Waals surface area contributed by atoms with E-state index < -0.39 is 0 Å². The molecule has 2 rings (SSSR count). The molecule has 1 fully saturated rings. The number of hydrogen-bond acceptors (Lipinski definition) is 2. The Hall–Kier alpha value is -1.35. The van der Waals surface area contributed by atoms with Crippen molar-refractivity contribution in [3.63, 3.8) is 0 Å². The van der Waals surface area contributed by atoms with Crippen molar-refractivity contribution in [1.82, 2.24) is 4.90 Å². The highest BCUT2D eigenvalue weighted by Gasteiger charge is 2.32. The third-order valence-corrected chi connectivity index (χ3v) is 3.53. The van der Waals surface area contributed by atoms with Crippen molar-refractivity contribution in [3.8, 4) is 0 Å².